The van der Waals surface area contributed by atoms with E-state index in [1.54, 1.807) is 13.3 Å². The summed E-state index contributed by atoms with van der Waals surface area (Å²) in [5.74, 6) is 2.23. The summed E-state index contributed by atoms with van der Waals surface area (Å²) in [7, 11) is 5.40. The Morgan fingerprint density at radius 3 is 2.62 bits per heavy atom. The summed E-state index contributed by atoms with van der Waals surface area (Å²) in [6.45, 7) is 0. The van der Waals surface area contributed by atoms with Crippen molar-refractivity contribution in [1.82, 2.24) is 19.6 Å². The molecule has 1 aromatic carbocycles. The molecule has 0 amide bonds. The van der Waals surface area contributed by atoms with Crippen LogP contribution in [0.25, 0.3) is 5.65 Å². The topological polar surface area (TPSA) is 67.6 Å². The predicted molar refractivity (Wildman–Crippen MR) is 81.4 cm³/mol. The highest BCUT2D eigenvalue weighted by atomic mass is 16.5. The number of nitrogens with one attached hydrogen (secondary N) is 1. The van der Waals surface area contributed by atoms with Gasteiger partial charge in [0.05, 0.1) is 7.11 Å². The van der Waals surface area contributed by atoms with Gasteiger partial charge in [-0.3, -0.25) is 4.40 Å². The van der Waals surface area contributed by atoms with Crippen LogP contribution in [-0.2, 0) is 0 Å². The Morgan fingerprint density at radius 2 is 1.95 bits per heavy atom. The van der Waals surface area contributed by atoms with Crippen molar-refractivity contribution in [2.24, 2.45) is 0 Å². The molecule has 0 aliphatic carbocycles. The fourth-order valence-corrected chi connectivity index (χ4v) is 2.15. The molecule has 3 aromatic rings. The second kappa shape index (κ2) is 5.28. The summed E-state index contributed by atoms with van der Waals surface area (Å²) in [4.78, 5) is 6.38. The number of anilines is 3. The average molecular weight is 284 g/mol. The zero-order valence-corrected chi connectivity index (χ0v) is 12.1. The van der Waals surface area contributed by atoms with Crippen LogP contribution in [0.2, 0.25) is 0 Å². The molecule has 0 atom stereocenters. The van der Waals surface area contributed by atoms with Crippen molar-refractivity contribution in [3.05, 3.63) is 36.7 Å². The number of nitrogens with zero attached hydrogens (tertiary/aromatic N) is 5. The van der Waals surface area contributed by atoms with E-state index in [4.69, 9.17) is 4.74 Å². The van der Waals surface area contributed by atoms with Gasteiger partial charge in [-0.05, 0) is 24.3 Å². The second-order valence-electron chi connectivity index (χ2n) is 4.48. The molecule has 7 nitrogen and oxygen atoms in total. The first kappa shape index (κ1) is 13.2. The highest BCUT2D eigenvalue weighted by Gasteiger charge is 2.14. The highest BCUT2D eigenvalue weighted by molar-refractivity contribution is 5.72. The number of benzene rings is 1. The molecule has 0 fully saturated rings. The first-order valence-corrected chi connectivity index (χ1v) is 6.50. The molecular formula is C14H16N6O. The number of hydrogen-bond donors (Lipinski definition) is 1. The van der Waals surface area contributed by atoms with Crippen LogP contribution in [0.3, 0.4) is 0 Å². The molecule has 2 heterocycles. The maximum Gasteiger partial charge on any atom is 0.228 e. The van der Waals surface area contributed by atoms with Crippen molar-refractivity contribution in [3.63, 3.8) is 0 Å². The van der Waals surface area contributed by atoms with Gasteiger partial charge in [-0.15, -0.1) is 10.2 Å². The number of methoxy groups -OCH3 is 1. The molecular weight excluding hydrogens is 268 g/mol. The van der Waals surface area contributed by atoms with Gasteiger partial charge in [-0.2, -0.15) is 0 Å². The molecule has 0 aliphatic heterocycles. The van der Waals surface area contributed by atoms with Gasteiger partial charge in [-0.1, -0.05) is 0 Å². The largest absolute Gasteiger partial charge is 0.497 e. The molecule has 7 heteroatoms. The van der Waals surface area contributed by atoms with E-state index in [0.717, 1.165) is 17.3 Å². The number of aromatic nitrogens is 4. The van der Waals surface area contributed by atoms with Gasteiger partial charge in [0, 0.05) is 32.2 Å². The Bertz CT molecular complexity index is 752. The van der Waals surface area contributed by atoms with Gasteiger partial charge in [0.15, 0.2) is 5.82 Å². The van der Waals surface area contributed by atoms with E-state index in [0.29, 0.717) is 11.6 Å². The van der Waals surface area contributed by atoms with Crippen LogP contribution in [0.5, 0.6) is 5.75 Å². The van der Waals surface area contributed by atoms with Crippen LogP contribution in [0.1, 0.15) is 0 Å². The summed E-state index contributed by atoms with van der Waals surface area (Å²) < 4.78 is 7.04. The van der Waals surface area contributed by atoms with Crippen LogP contribution in [0.15, 0.2) is 36.7 Å². The zero-order valence-electron chi connectivity index (χ0n) is 12.1. The van der Waals surface area contributed by atoms with Crippen molar-refractivity contribution < 1.29 is 4.74 Å². The summed E-state index contributed by atoms with van der Waals surface area (Å²) in [6, 6.07) is 7.77. The van der Waals surface area contributed by atoms with Crippen molar-refractivity contribution >= 4 is 23.1 Å². The smallest absolute Gasteiger partial charge is 0.228 e. The lowest BCUT2D eigenvalue weighted by molar-refractivity contribution is 0.415. The first-order chi connectivity index (χ1) is 10.2. The van der Waals surface area contributed by atoms with Crippen LogP contribution < -0.4 is 15.0 Å². The molecule has 0 spiro atoms. The average Bonchev–Trinajstić information content (AvgIpc) is 2.97. The third kappa shape index (κ3) is 2.22. The maximum absolute atomic E-state index is 5.17. The molecule has 3 rings (SSSR count). The third-order valence-corrected chi connectivity index (χ3v) is 3.31. The Kier molecular flexibility index (Phi) is 3.31. The summed E-state index contributed by atoms with van der Waals surface area (Å²) in [5.41, 5.74) is 1.69. The van der Waals surface area contributed by atoms with E-state index in [1.807, 2.05) is 53.9 Å². The van der Waals surface area contributed by atoms with Crippen LogP contribution in [0, 0.1) is 0 Å². The Hall–Kier alpha value is -2.83. The molecule has 1 N–H and O–H groups in total. The fraction of sp³-hybridized carbons (Fsp3) is 0.214. The van der Waals surface area contributed by atoms with Gasteiger partial charge in [-0.25, -0.2) is 4.98 Å². The summed E-state index contributed by atoms with van der Waals surface area (Å²) >= 11 is 0. The lowest BCUT2D eigenvalue weighted by Gasteiger charge is -2.18. The van der Waals surface area contributed by atoms with Crippen molar-refractivity contribution in [1.29, 1.82) is 0 Å². The van der Waals surface area contributed by atoms with E-state index >= 15 is 0 Å². The summed E-state index contributed by atoms with van der Waals surface area (Å²) in [5, 5.41) is 11.3. The molecule has 0 saturated carbocycles. The van der Waals surface area contributed by atoms with Gasteiger partial charge >= 0.3 is 0 Å². The van der Waals surface area contributed by atoms with E-state index < -0.39 is 0 Å². The molecule has 21 heavy (non-hydrogen) atoms. The fourth-order valence-electron chi connectivity index (χ4n) is 2.15. The first-order valence-electron chi connectivity index (χ1n) is 6.50. The van der Waals surface area contributed by atoms with Gasteiger partial charge < -0.3 is 15.0 Å². The monoisotopic (exact) mass is 284 g/mol. The number of rotatable bonds is 4. The normalized spacial score (nSPS) is 10.6. The Labute approximate surface area is 122 Å². The van der Waals surface area contributed by atoms with Crippen molar-refractivity contribution in [2.75, 3.05) is 31.4 Å². The Morgan fingerprint density at radius 1 is 1.19 bits per heavy atom. The van der Waals surface area contributed by atoms with E-state index in [-0.39, 0.29) is 0 Å². The molecule has 2 aromatic heterocycles. The van der Waals surface area contributed by atoms with E-state index in [2.05, 4.69) is 20.5 Å². The maximum atomic E-state index is 5.17. The van der Waals surface area contributed by atoms with Gasteiger partial charge in [0.2, 0.25) is 11.6 Å². The van der Waals surface area contributed by atoms with Crippen molar-refractivity contribution in [3.8, 4) is 5.75 Å². The lowest BCUT2D eigenvalue weighted by atomic mass is 10.3. The van der Waals surface area contributed by atoms with Crippen LogP contribution in [-0.4, -0.2) is 40.8 Å². The lowest BCUT2D eigenvalue weighted by Crippen LogP contribution is -2.12. The summed E-state index contributed by atoms with van der Waals surface area (Å²) in [6.07, 6.45) is 3.55. The second-order valence-corrected chi connectivity index (χ2v) is 4.48. The molecule has 0 radical (unpaired) electrons. The van der Waals surface area contributed by atoms with Crippen LogP contribution >= 0.6 is 0 Å². The number of fused-ring (bicyclic) bond motifs is 1. The zero-order chi connectivity index (χ0) is 14.8. The van der Waals surface area contributed by atoms with Crippen molar-refractivity contribution in [2.45, 2.75) is 0 Å². The van der Waals surface area contributed by atoms with Gasteiger partial charge in [0.1, 0.15) is 5.75 Å². The van der Waals surface area contributed by atoms with E-state index in [9.17, 15) is 0 Å². The predicted octanol–water partition coefficient (Wildman–Crippen LogP) is 1.94. The standard InChI is InChI=1S/C14H16N6O/c1-15-14-18-17-13-12(16-8-9-20(13)14)19(2)10-4-6-11(21-3)7-5-10/h4-9H,1-3H3,(H,15,18). The number of ether oxygens (including phenoxy) is 1. The highest BCUT2D eigenvalue weighted by Crippen LogP contribution is 2.27. The molecule has 0 unspecified atom stereocenters. The number of hydrogen-bond acceptors (Lipinski definition) is 6. The molecule has 0 aliphatic rings. The quantitative estimate of drug-likeness (QED) is 0.789. The minimum absolute atomic E-state index is 0.678. The Balaban J connectivity index is 2.04. The molecule has 108 valence electrons. The molecule has 0 saturated heterocycles. The minimum atomic E-state index is 0.678. The third-order valence-electron chi connectivity index (χ3n) is 3.31. The van der Waals surface area contributed by atoms with Crippen LogP contribution in [0.4, 0.5) is 17.5 Å². The minimum Gasteiger partial charge on any atom is -0.497 e. The SMILES string of the molecule is CNc1nnc2c(N(C)c3ccc(OC)cc3)nccn12. The van der Waals surface area contributed by atoms with E-state index in [1.165, 1.54) is 0 Å². The molecule has 0 bridgehead atoms. The van der Waals surface area contributed by atoms with Gasteiger partial charge in [0.25, 0.3) is 0 Å².